The molecule has 5 N–H and O–H groups in total. The van der Waals surface area contributed by atoms with Crippen LogP contribution in [0.2, 0.25) is 0 Å². The van der Waals surface area contributed by atoms with Crippen LogP contribution in [0.15, 0.2) is 0 Å². The molecule has 0 spiro atoms. The highest BCUT2D eigenvalue weighted by Crippen LogP contribution is 2.50. The second kappa shape index (κ2) is 4.40. The summed E-state index contributed by atoms with van der Waals surface area (Å²) in [5.41, 5.74) is 4.99. The molecule has 6 nitrogen and oxygen atoms in total. The molecule has 14 heavy (non-hydrogen) atoms. The van der Waals surface area contributed by atoms with Gasteiger partial charge in [-0.05, 0) is 20.3 Å². The molecule has 0 heterocycles. The van der Waals surface area contributed by atoms with E-state index in [2.05, 4.69) is 5.32 Å². The third-order valence-corrected chi connectivity index (χ3v) is 4.02. The molecule has 0 fully saturated rings. The van der Waals surface area contributed by atoms with Crippen LogP contribution in [-0.4, -0.2) is 27.0 Å². The SMILES string of the molecule is CCC(C)(N[C@@H](C)C(N)=O)P(=O)(O)O. The van der Waals surface area contributed by atoms with E-state index >= 15 is 0 Å². The van der Waals surface area contributed by atoms with Crippen LogP contribution in [0.25, 0.3) is 0 Å². The Morgan fingerprint density at radius 3 is 2.29 bits per heavy atom. The van der Waals surface area contributed by atoms with Gasteiger partial charge in [0.2, 0.25) is 5.91 Å². The Balaban J connectivity index is 4.74. The monoisotopic (exact) mass is 224 g/mol. The van der Waals surface area contributed by atoms with Crippen molar-refractivity contribution in [2.45, 2.75) is 38.5 Å². The number of hydrogen-bond donors (Lipinski definition) is 4. The number of carbonyl (C=O) groups excluding carboxylic acids is 1. The van der Waals surface area contributed by atoms with Crippen molar-refractivity contribution in [1.82, 2.24) is 5.32 Å². The van der Waals surface area contributed by atoms with Gasteiger partial charge in [0, 0.05) is 0 Å². The van der Waals surface area contributed by atoms with Crippen molar-refractivity contribution in [2.75, 3.05) is 0 Å². The lowest BCUT2D eigenvalue weighted by atomic mass is 10.2. The molecule has 1 amide bonds. The van der Waals surface area contributed by atoms with Crippen molar-refractivity contribution in [1.29, 1.82) is 0 Å². The van der Waals surface area contributed by atoms with Gasteiger partial charge in [-0.15, -0.1) is 0 Å². The van der Waals surface area contributed by atoms with Gasteiger partial charge < -0.3 is 15.5 Å². The van der Waals surface area contributed by atoms with Gasteiger partial charge >= 0.3 is 7.60 Å². The summed E-state index contributed by atoms with van der Waals surface area (Å²) in [6, 6.07) is -0.771. The van der Waals surface area contributed by atoms with Gasteiger partial charge in [-0.25, -0.2) is 0 Å². The van der Waals surface area contributed by atoms with Gasteiger partial charge in [0.15, 0.2) is 0 Å². The molecule has 0 aliphatic heterocycles. The molecule has 0 bridgehead atoms. The van der Waals surface area contributed by atoms with E-state index in [1.54, 1.807) is 6.92 Å². The number of hydrogen-bond acceptors (Lipinski definition) is 3. The predicted octanol–water partition coefficient (Wildman–Crippen LogP) is -0.246. The number of carbonyl (C=O) groups is 1. The molecule has 0 rings (SSSR count). The minimum absolute atomic E-state index is 0.203. The van der Waals surface area contributed by atoms with E-state index in [9.17, 15) is 9.36 Å². The van der Waals surface area contributed by atoms with Crippen molar-refractivity contribution < 1.29 is 19.1 Å². The molecule has 0 radical (unpaired) electrons. The highest BCUT2D eigenvalue weighted by molar-refractivity contribution is 7.53. The summed E-state index contributed by atoms with van der Waals surface area (Å²) in [4.78, 5) is 28.9. The Labute approximate surface area is 83.0 Å². The van der Waals surface area contributed by atoms with Crippen LogP contribution in [0, 0.1) is 0 Å². The molecule has 2 atom stereocenters. The Hall–Kier alpha value is -0.420. The summed E-state index contributed by atoms with van der Waals surface area (Å²) < 4.78 is 11.1. The average Bonchev–Trinajstić information content (AvgIpc) is 2.01. The Morgan fingerprint density at radius 1 is 1.64 bits per heavy atom. The summed E-state index contributed by atoms with van der Waals surface area (Å²) in [5.74, 6) is -0.641. The van der Waals surface area contributed by atoms with E-state index in [0.717, 1.165) is 0 Å². The highest BCUT2D eigenvalue weighted by Gasteiger charge is 2.42. The standard InChI is InChI=1S/C7H17N2O4P/c1-4-7(3,14(11,12)13)9-5(2)6(8)10/h5,9H,4H2,1-3H3,(H2,8,10)(H2,11,12,13)/t5-,7?/m0/s1. The van der Waals surface area contributed by atoms with Crippen LogP contribution < -0.4 is 11.1 Å². The lowest BCUT2D eigenvalue weighted by Gasteiger charge is -2.32. The van der Waals surface area contributed by atoms with E-state index < -0.39 is 24.8 Å². The summed E-state index contributed by atoms with van der Waals surface area (Å²) in [6.07, 6.45) is 0.203. The van der Waals surface area contributed by atoms with Crippen molar-refractivity contribution in [3.63, 3.8) is 0 Å². The molecule has 0 saturated heterocycles. The molecular formula is C7H17N2O4P. The van der Waals surface area contributed by atoms with E-state index in [0.29, 0.717) is 0 Å². The van der Waals surface area contributed by atoms with E-state index in [1.165, 1.54) is 13.8 Å². The molecule has 0 aliphatic carbocycles. The quantitative estimate of drug-likeness (QED) is 0.481. The van der Waals surface area contributed by atoms with Crippen molar-refractivity contribution in [3.8, 4) is 0 Å². The van der Waals surface area contributed by atoms with Gasteiger partial charge in [-0.3, -0.25) is 14.7 Å². The second-order valence-electron chi connectivity index (χ2n) is 3.44. The topological polar surface area (TPSA) is 113 Å². The number of amides is 1. The molecule has 0 aromatic rings. The van der Waals surface area contributed by atoms with Crippen LogP contribution in [-0.2, 0) is 9.36 Å². The summed E-state index contributed by atoms with van der Waals surface area (Å²) in [5, 5.41) is 1.14. The average molecular weight is 224 g/mol. The lowest BCUT2D eigenvalue weighted by Crippen LogP contribution is -2.51. The Bertz CT molecular complexity index is 264. The number of nitrogens with one attached hydrogen (secondary N) is 1. The predicted molar refractivity (Wildman–Crippen MR) is 52.5 cm³/mol. The Kier molecular flexibility index (Phi) is 4.27. The smallest absolute Gasteiger partial charge is 0.345 e. The van der Waals surface area contributed by atoms with Gasteiger partial charge in [-0.2, -0.15) is 0 Å². The Morgan fingerprint density at radius 2 is 2.07 bits per heavy atom. The number of nitrogens with two attached hydrogens (primary N) is 1. The molecule has 0 aliphatic rings. The summed E-state index contributed by atoms with van der Waals surface area (Å²) >= 11 is 0. The minimum Gasteiger partial charge on any atom is -0.368 e. The molecule has 0 aromatic heterocycles. The first-order valence-corrected chi connectivity index (χ1v) is 5.88. The molecule has 84 valence electrons. The zero-order valence-corrected chi connectivity index (χ0v) is 9.41. The number of rotatable bonds is 5. The first kappa shape index (κ1) is 13.6. The van der Waals surface area contributed by atoms with Crippen molar-refractivity contribution >= 4 is 13.5 Å². The van der Waals surface area contributed by atoms with Crippen LogP contribution in [0.1, 0.15) is 27.2 Å². The minimum atomic E-state index is -4.30. The fourth-order valence-electron chi connectivity index (χ4n) is 0.930. The van der Waals surface area contributed by atoms with Gasteiger partial charge in [0.25, 0.3) is 0 Å². The molecule has 0 saturated carbocycles. The van der Waals surface area contributed by atoms with Crippen molar-refractivity contribution in [2.24, 2.45) is 5.73 Å². The fraction of sp³-hybridized carbons (Fsp3) is 0.857. The third-order valence-electron chi connectivity index (χ3n) is 2.29. The first-order chi connectivity index (χ1) is 6.14. The van der Waals surface area contributed by atoms with E-state index in [-0.39, 0.29) is 6.42 Å². The second-order valence-corrected chi connectivity index (χ2v) is 5.51. The molecular weight excluding hydrogens is 207 g/mol. The van der Waals surface area contributed by atoms with Crippen molar-refractivity contribution in [3.05, 3.63) is 0 Å². The first-order valence-electron chi connectivity index (χ1n) is 4.26. The lowest BCUT2D eigenvalue weighted by molar-refractivity contribution is -0.119. The maximum Gasteiger partial charge on any atom is 0.345 e. The normalized spacial score (nSPS) is 18.6. The maximum absolute atomic E-state index is 11.1. The highest BCUT2D eigenvalue weighted by atomic mass is 31.2. The van der Waals surface area contributed by atoms with E-state index in [1.807, 2.05) is 0 Å². The zero-order chi connectivity index (χ0) is 11.6. The van der Waals surface area contributed by atoms with Gasteiger partial charge in [0.1, 0.15) is 5.28 Å². The van der Waals surface area contributed by atoms with Crippen LogP contribution in [0.4, 0.5) is 0 Å². The van der Waals surface area contributed by atoms with E-state index in [4.69, 9.17) is 15.5 Å². The third kappa shape index (κ3) is 3.06. The van der Waals surface area contributed by atoms with Gasteiger partial charge in [0.05, 0.1) is 6.04 Å². The van der Waals surface area contributed by atoms with Crippen LogP contribution in [0.3, 0.4) is 0 Å². The summed E-state index contributed by atoms with van der Waals surface area (Å²) in [7, 11) is -4.30. The number of primary amides is 1. The molecule has 1 unspecified atom stereocenters. The molecule has 0 aromatic carbocycles. The van der Waals surface area contributed by atoms with Crippen LogP contribution in [0.5, 0.6) is 0 Å². The fourth-order valence-corrected chi connectivity index (χ4v) is 1.70. The zero-order valence-electron chi connectivity index (χ0n) is 8.52. The largest absolute Gasteiger partial charge is 0.368 e. The summed E-state index contributed by atoms with van der Waals surface area (Å²) in [6.45, 7) is 4.46. The maximum atomic E-state index is 11.1. The molecule has 7 heteroatoms. The van der Waals surface area contributed by atoms with Crippen LogP contribution >= 0.6 is 7.60 Å². The van der Waals surface area contributed by atoms with Gasteiger partial charge in [-0.1, -0.05) is 6.92 Å².